The molecule has 6 nitrogen and oxygen atoms in total. The summed E-state index contributed by atoms with van der Waals surface area (Å²) in [4.78, 5) is 23.6. The number of amides is 2. The first-order chi connectivity index (χ1) is 13.6. The van der Waals surface area contributed by atoms with Crippen LogP contribution in [0.3, 0.4) is 0 Å². The van der Waals surface area contributed by atoms with Gasteiger partial charge in [0.1, 0.15) is 5.82 Å². The molecule has 4 rings (SSSR count). The van der Waals surface area contributed by atoms with Crippen molar-refractivity contribution in [3.8, 4) is 0 Å². The summed E-state index contributed by atoms with van der Waals surface area (Å²) in [7, 11) is 0. The Labute approximate surface area is 165 Å². The van der Waals surface area contributed by atoms with E-state index in [1.807, 2.05) is 35.4 Å². The third-order valence-corrected chi connectivity index (χ3v) is 5.41. The minimum Gasteiger partial charge on any atom is -0.338 e. The lowest BCUT2D eigenvalue weighted by molar-refractivity contribution is 0.208. The van der Waals surface area contributed by atoms with E-state index >= 15 is 0 Å². The van der Waals surface area contributed by atoms with Gasteiger partial charge in [0.05, 0.1) is 17.2 Å². The number of carbonyl (C=O) groups is 1. The second-order valence-corrected chi connectivity index (χ2v) is 7.70. The van der Waals surface area contributed by atoms with Gasteiger partial charge in [-0.15, -0.1) is 0 Å². The fraction of sp³-hybridized carbons (Fsp3) is 0.409. The summed E-state index contributed by atoms with van der Waals surface area (Å²) in [6.07, 6.45) is 5.45. The number of hydrogen-bond acceptors (Lipinski definition) is 3. The van der Waals surface area contributed by atoms with E-state index in [9.17, 15) is 4.79 Å². The van der Waals surface area contributed by atoms with Gasteiger partial charge in [0.2, 0.25) is 0 Å². The lowest BCUT2D eigenvalue weighted by Crippen LogP contribution is -2.39. The van der Waals surface area contributed by atoms with Crippen LogP contribution in [0.4, 0.5) is 4.79 Å². The van der Waals surface area contributed by atoms with Crippen LogP contribution in [0, 0.1) is 0 Å². The van der Waals surface area contributed by atoms with Crippen LogP contribution in [0.15, 0.2) is 48.8 Å². The Kier molecular flexibility index (Phi) is 5.28. The van der Waals surface area contributed by atoms with E-state index in [0.29, 0.717) is 19.1 Å². The van der Waals surface area contributed by atoms with Crippen molar-refractivity contribution in [2.24, 2.45) is 0 Å². The third kappa shape index (κ3) is 3.72. The van der Waals surface area contributed by atoms with Gasteiger partial charge < -0.3 is 14.8 Å². The third-order valence-electron chi connectivity index (χ3n) is 5.41. The number of nitrogens with zero attached hydrogens (tertiary/aromatic N) is 4. The number of fused-ring (bicyclic) bond motifs is 1. The van der Waals surface area contributed by atoms with E-state index in [1.54, 1.807) is 6.20 Å². The van der Waals surface area contributed by atoms with E-state index in [2.05, 4.69) is 40.8 Å². The Bertz CT molecular complexity index is 950. The van der Waals surface area contributed by atoms with Crippen molar-refractivity contribution < 1.29 is 4.79 Å². The molecule has 1 N–H and O–H groups in total. The molecule has 1 aromatic carbocycles. The molecule has 0 radical (unpaired) electrons. The Morgan fingerprint density at radius 1 is 1.25 bits per heavy atom. The maximum atomic E-state index is 12.6. The largest absolute Gasteiger partial charge is 0.338 e. The average molecular weight is 377 g/mol. The summed E-state index contributed by atoms with van der Waals surface area (Å²) in [5.41, 5.74) is 3.28. The topological polar surface area (TPSA) is 63.1 Å². The number of aromatic nitrogens is 3. The zero-order chi connectivity index (χ0) is 19.5. The minimum absolute atomic E-state index is 0.0207. The molecule has 0 spiro atoms. The molecule has 1 saturated heterocycles. The predicted octanol–water partition coefficient (Wildman–Crippen LogP) is 3.75. The minimum atomic E-state index is 0.0207. The molecule has 1 aliphatic heterocycles. The number of rotatable bonds is 5. The van der Waals surface area contributed by atoms with Gasteiger partial charge in [-0.2, -0.15) is 0 Å². The van der Waals surface area contributed by atoms with Crippen molar-refractivity contribution in [2.75, 3.05) is 19.6 Å². The summed E-state index contributed by atoms with van der Waals surface area (Å²) in [6.45, 7) is 6.46. The highest BCUT2D eigenvalue weighted by atomic mass is 16.2. The average Bonchev–Trinajstić information content (AvgIpc) is 3.33. The van der Waals surface area contributed by atoms with Crippen LogP contribution in [0.2, 0.25) is 0 Å². The smallest absolute Gasteiger partial charge is 0.317 e. The monoisotopic (exact) mass is 377 g/mol. The highest BCUT2D eigenvalue weighted by Gasteiger charge is 2.31. The lowest BCUT2D eigenvalue weighted by atomic mass is 10.1. The van der Waals surface area contributed by atoms with Crippen molar-refractivity contribution in [2.45, 2.75) is 38.6 Å². The molecule has 0 unspecified atom stereocenters. The van der Waals surface area contributed by atoms with Crippen molar-refractivity contribution in [3.05, 3.63) is 60.2 Å². The molecule has 1 atom stereocenters. The SMILES string of the molecule is CC(C)n1c([C@H]2CCN(C(=O)NCCc3ccccc3)C2)nc2ccncc21. The van der Waals surface area contributed by atoms with Crippen LogP contribution in [-0.2, 0) is 6.42 Å². The fourth-order valence-corrected chi connectivity index (χ4v) is 4.02. The van der Waals surface area contributed by atoms with Gasteiger partial charge in [0.25, 0.3) is 0 Å². The second kappa shape index (κ2) is 8.00. The van der Waals surface area contributed by atoms with Crippen molar-refractivity contribution >= 4 is 17.1 Å². The molecular formula is C22H27N5O. The second-order valence-electron chi connectivity index (χ2n) is 7.70. The molecule has 0 bridgehead atoms. The number of carbonyl (C=O) groups excluding carboxylic acids is 1. The van der Waals surface area contributed by atoms with E-state index < -0.39 is 0 Å². The fourth-order valence-electron chi connectivity index (χ4n) is 4.02. The number of hydrogen-bond donors (Lipinski definition) is 1. The van der Waals surface area contributed by atoms with E-state index in [-0.39, 0.29) is 11.9 Å². The predicted molar refractivity (Wildman–Crippen MR) is 110 cm³/mol. The van der Waals surface area contributed by atoms with Crippen LogP contribution in [0.5, 0.6) is 0 Å². The molecule has 146 valence electrons. The zero-order valence-corrected chi connectivity index (χ0v) is 16.5. The van der Waals surface area contributed by atoms with Crippen molar-refractivity contribution in [1.82, 2.24) is 24.8 Å². The number of pyridine rings is 1. The van der Waals surface area contributed by atoms with Crippen LogP contribution < -0.4 is 5.32 Å². The van der Waals surface area contributed by atoms with Crippen LogP contribution >= 0.6 is 0 Å². The standard InChI is InChI=1S/C22H27N5O/c1-16(2)27-20-14-23-11-9-19(20)25-21(27)18-10-13-26(15-18)22(28)24-12-8-17-6-4-3-5-7-17/h3-7,9,11,14,16,18H,8,10,12-13,15H2,1-2H3,(H,24,28)/t18-/m0/s1. The van der Waals surface area contributed by atoms with Crippen molar-refractivity contribution in [1.29, 1.82) is 0 Å². The van der Waals surface area contributed by atoms with E-state index in [4.69, 9.17) is 4.98 Å². The number of benzene rings is 1. The molecule has 3 heterocycles. The lowest BCUT2D eigenvalue weighted by Gasteiger charge is -2.19. The summed E-state index contributed by atoms with van der Waals surface area (Å²) in [5.74, 6) is 1.33. The normalized spacial score (nSPS) is 16.8. The van der Waals surface area contributed by atoms with Gasteiger partial charge in [-0.3, -0.25) is 4.98 Å². The van der Waals surface area contributed by atoms with E-state index in [0.717, 1.165) is 36.2 Å². The Morgan fingerprint density at radius 2 is 2.07 bits per heavy atom. The van der Waals surface area contributed by atoms with Crippen LogP contribution in [0.1, 0.15) is 43.6 Å². The summed E-state index contributed by atoms with van der Waals surface area (Å²) < 4.78 is 2.27. The van der Waals surface area contributed by atoms with Gasteiger partial charge in [-0.05, 0) is 38.3 Å². The first kappa shape index (κ1) is 18.5. The maximum absolute atomic E-state index is 12.6. The quantitative estimate of drug-likeness (QED) is 0.736. The van der Waals surface area contributed by atoms with Gasteiger partial charge in [-0.1, -0.05) is 30.3 Å². The molecule has 3 aromatic rings. The molecule has 6 heteroatoms. The summed E-state index contributed by atoms with van der Waals surface area (Å²) in [6, 6.07) is 12.5. The maximum Gasteiger partial charge on any atom is 0.317 e. The first-order valence-electron chi connectivity index (χ1n) is 10.0. The number of imidazole rings is 1. The summed E-state index contributed by atoms with van der Waals surface area (Å²) >= 11 is 0. The molecule has 1 fully saturated rings. The molecular weight excluding hydrogens is 350 g/mol. The van der Waals surface area contributed by atoms with Gasteiger partial charge >= 0.3 is 6.03 Å². The van der Waals surface area contributed by atoms with Gasteiger partial charge in [-0.25, -0.2) is 9.78 Å². The van der Waals surface area contributed by atoms with E-state index in [1.165, 1.54) is 5.56 Å². The van der Waals surface area contributed by atoms with Crippen LogP contribution in [0.25, 0.3) is 11.0 Å². The Balaban J connectivity index is 1.41. The van der Waals surface area contributed by atoms with Gasteiger partial charge in [0.15, 0.2) is 0 Å². The first-order valence-corrected chi connectivity index (χ1v) is 10.0. The van der Waals surface area contributed by atoms with Crippen molar-refractivity contribution in [3.63, 3.8) is 0 Å². The zero-order valence-electron chi connectivity index (χ0n) is 16.5. The van der Waals surface area contributed by atoms with Gasteiger partial charge in [0, 0.05) is 37.8 Å². The Morgan fingerprint density at radius 3 is 2.86 bits per heavy atom. The number of nitrogens with one attached hydrogen (secondary N) is 1. The molecule has 2 aromatic heterocycles. The molecule has 28 heavy (non-hydrogen) atoms. The highest BCUT2D eigenvalue weighted by molar-refractivity contribution is 5.76. The summed E-state index contributed by atoms with van der Waals surface area (Å²) in [5, 5.41) is 3.06. The molecule has 2 amide bonds. The number of urea groups is 1. The number of likely N-dealkylation sites (tertiary alicyclic amines) is 1. The Hall–Kier alpha value is -2.89. The molecule has 1 aliphatic rings. The van der Waals surface area contributed by atoms with Crippen LogP contribution in [-0.4, -0.2) is 45.1 Å². The molecule has 0 saturated carbocycles. The molecule has 0 aliphatic carbocycles. The highest BCUT2D eigenvalue weighted by Crippen LogP contribution is 2.31.